The lowest BCUT2D eigenvalue weighted by Gasteiger charge is -2.34. The van der Waals surface area contributed by atoms with Crippen molar-refractivity contribution < 1.29 is 9.47 Å². The summed E-state index contributed by atoms with van der Waals surface area (Å²) >= 11 is 0. The molecule has 1 fully saturated rings. The van der Waals surface area contributed by atoms with Gasteiger partial charge in [-0.1, -0.05) is 13.0 Å². The summed E-state index contributed by atoms with van der Waals surface area (Å²) in [5, 5.41) is 3.26. The van der Waals surface area contributed by atoms with Crippen LogP contribution in [-0.4, -0.2) is 52.8 Å². The number of aromatic nitrogens is 3. The molecule has 7 nitrogen and oxygen atoms in total. The molecule has 1 N–H and O–H groups in total. The third-order valence-electron chi connectivity index (χ3n) is 6.41. The number of methoxy groups -OCH3 is 2. The number of nitrogens with one attached hydrogen (secondary N) is 1. The second kappa shape index (κ2) is 8.75. The van der Waals surface area contributed by atoms with Crippen LogP contribution in [0.2, 0.25) is 0 Å². The van der Waals surface area contributed by atoms with Gasteiger partial charge in [0.15, 0.2) is 17.1 Å². The van der Waals surface area contributed by atoms with Crippen molar-refractivity contribution in [2.24, 2.45) is 0 Å². The molecule has 4 rings (SSSR count). The van der Waals surface area contributed by atoms with Gasteiger partial charge in [-0.25, -0.2) is 9.50 Å². The van der Waals surface area contributed by atoms with Crippen molar-refractivity contribution in [2.75, 3.05) is 27.3 Å². The number of likely N-dealkylation sites (tertiary alicyclic amines) is 1. The molecule has 3 aromatic rings. The van der Waals surface area contributed by atoms with E-state index < -0.39 is 0 Å². The summed E-state index contributed by atoms with van der Waals surface area (Å²) in [5.41, 5.74) is 4.39. The Balaban J connectivity index is 1.80. The zero-order chi connectivity index (χ0) is 22.1. The maximum Gasteiger partial charge on any atom is 0.272 e. The minimum Gasteiger partial charge on any atom is -0.493 e. The lowest BCUT2D eigenvalue weighted by Crippen LogP contribution is -2.38. The van der Waals surface area contributed by atoms with Crippen LogP contribution in [0.5, 0.6) is 11.5 Å². The monoisotopic (exact) mass is 424 g/mol. The standard InChI is InChI=1S/C24H32N4O3/c1-6-18-23(17-7-8-20(30-4)21(13-17)31-5)24-25-19(14-22(29)28(24)26-18)16-9-11-27(12-10-16)15(2)3/h7-8,13-16,26H,6,9-12H2,1-5H3. The average Bonchev–Trinajstić information content (AvgIpc) is 3.17. The van der Waals surface area contributed by atoms with Gasteiger partial charge in [0.1, 0.15) is 0 Å². The van der Waals surface area contributed by atoms with Crippen molar-refractivity contribution in [3.05, 3.63) is 46.0 Å². The number of ether oxygens (including phenoxy) is 2. The Morgan fingerprint density at radius 2 is 1.84 bits per heavy atom. The highest BCUT2D eigenvalue weighted by Crippen LogP contribution is 2.36. The predicted molar refractivity (Wildman–Crippen MR) is 122 cm³/mol. The Bertz CT molecular complexity index is 1120. The molecule has 0 unspecified atom stereocenters. The molecule has 1 saturated heterocycles. The molecule has 1 aliphatic rings. The number of H-pyrrole nitrogens is 1. The molecule has 31 heavy (non-hydrogen) atoms. The van der Waals surface area contributed by atoms with E-state index in [0.29, 0.717) is 29.1 Å². The molecule has 166 valence electrons. The van der Waals surface area contributed by atoms with Crippen LogP contribution in [0.25, 0.3) is 16.8 Å². The van der Waals surface area contributed by atoms with Gasteiger partial charge in [-0.15, -0.1) is 0 Å². The maximum absolute atomic E-state index is 13.0. The largest absolute Gasteiger partial charge is 0.493 e. The Hall–Kier alpha value is -2.80. The number of piperidine rings is 1. The van der Waals surface area contributed by atoms with Crippen molar-refractivity contribution in [1.82, 2.24) is 19.5 Å². The van der Waals surface area contributed by atoms with Gasteiger partial charge in [-0.3, -0.25) is 9.89 Å². The number of hydrogen-bond donors (Lipinski definition) is 1. The van der Waals surface area contributed by atoms with E-state index in [9.17, 15) is 4.79 Å². The first kappa shape index (κ1) is 21.4. The number of aryl methyl sites for hydroxylation is 1. The molecular formula is C24H32N4O3. The van der Waals surface area contributed by atoms with E-state index in [4.69, 9.17) is 14.5 Å². The Kier molecular flexibility index (Phi) is 6.05. The molecule has 2 aromatic heterocycles. The van der Waals surface area contributed by atoms with Crippen LogP contribution in [0.15, 0.2) is 29.1 Å². The molecule has 0 saturated carbocycles. The van der Waals surface area contributed by atoms with E-state index >= 15 is 0 Å². The topological polar surface area (TPSA) is 71.9 Å². The Morgan fingerprint density at radius 1 is 1.13 bits per heavy atom. The van der Waals surface area contributed by atoms with Crippen LogP contribution in [0.3, 0.4) is 0 Å². The van der Waals surface area contributed by atoms with Gasteiger partial charge < -0.3 is 14.4 Å². The third-order valence-corrected chi connectivity index (χ3v) is 6.41. The fraction of sp³-hybridized carbons (Fsp3) is 0.500. The molecule has 0 bridgehead atoms. The van der Waals surface area contributed by atoms with Gasteiger partial charge in [-0.2, -0.15) is 0 Å². The quantitative estimate of drug-likeness (QED) is 0.651. The summed E-state index contributed by atoms with van der Waals surface area (Å²) in [6, 6.07) is 8.08. The van der Waals surface area contributed by atoms with Crippen molar-refractivity contribution in [3.8, 4) is 22.6 Å². The smallest absolute Gasteiger partial charge is 0.272 e. The van der Waals surface area contributed by atoms with Crippen molar-refractivity contribution >= 4 is 5.65 Å². The predicted octanol–water partition coefficient (Wildman–Crippen LogP) is 3.86. The molecule has 0 aliphatic carbocycles. The minimum absolute atomic E-state index is 0.0623. The Labute approximate surface area is 183 Å². The summed E-state index contributed by atoms with van der Waals surface area (Å²) in [5.74, 6) is 1.64. The molecule has 1 aromatic carbocycles. The van der Waals surface area contributed by atoms with Crippen molar-refractivity contribution in [3.63, 3.8) is 0 Å². The molecular weight excluding hydrogens is 392 g/mol. The third kappa shape index (κ3) is 3.94. The zero-order valence-electron chi connectivity index (χ0n) is 19.1. The molecule has 0 spiro atoms. The van der Waals surface area contributed by atoms with Gasteiger partial charge in [0, 0.05) is 29.3 Å². The van der Waals surface area contributed by atoms with E-state index in [1.165, 1.54) is 0 Å². The molecule has 0 radical (unpaired) electrons. The highest BCUT2D eigenvalue weighted by Gasteiger charge is 2.25. The highest BCUT2D eigenvalue weighted by atomic mass is 16.5. The van der Waals surface area contributed by atoms with Crippen LogP contribution in [0, 0.1) is 0 Å². The van der Waals surface area contributed by atoms with Crippen LogP contribution >= 0.6 is 0 Å². The second-order valence-corrected chi connectivity index (χ2v) is 8.47. The maximum atomic E-state index is 13.0. The number of hydrogen-bond acceptors (Lipinski definition) is 5. The molecule has 0 amide bonds. The summed E-state index contributed by atoms with van der Waals surface area (Å²) < 4.78 is 12.5. The van der Waals surface area contributed by atoms with Gasteiger partial charge in [-0.05, 0) is 63.9 Å². The van der Waals surface area contributed by atoms with Crippen LogP contribution in [0.1, 0.15) is 50.9 Å². The van der Waals surface area contributed by atoms with Crippen LogP contribution in [-0.2, 0) is 6.42 Å². The summed E-state index contributed by atoms with van der Waals surface area (Å²) in [6.45, 7) is 8.62. The van der Waals surface area contributed by atoms with Gasteiger partial charge in [0.05, 0.1) is 19.9 Å². The van der Waals surface area contributed by atoms with Crippen LogP contribution in [0.4, 0.5) is 0 Å². The van der Waals surface area contributed by atoms with Gasteiger partial charge in [0.25, 0.3) is 5.56 Å². The fourth-order valence-corrected chi connectivity index (χ4v) is 4.57. The SMILES string of the molecule is CCc1[nH]n2c(=O)cc(C3CCN(C(C)C)CC3)nc2c1-c1ccc(OC)c(OC)c1. The first-order chi connectivity index (χ1) is 15.0. The Morgan fingerprint density at radius 3 is 2.45 bits per heavy atom. The number of rotatable bonds is 6. The molecule has 7 heteroatoms. The zero-order valence-corrected chi connectivity index (χ0v) is 19.1. The molecule has 0 atom stereocenters. The number of aromatic amines is 1. The van der Waals surface area contributed by atoms with Crippen LogP contribution < -0.4 is 15.0 Å². The van der Waals surface area contributed by atoms with E-state index in [1.54, 1.807) is 24.8 Å². The van der Waals surface area contributed by atoms with Crippen molar-refractivity contribution in [1.29, 1.82) is 0 Å². The second-order valence-electron chi connectivity index (χ2n) is 8.47. The summed E-state index contributed by atoms with van der Waals surface area (Å²) in [7, 11) is 3.25. The van der Waals surface area contributed by atoms with E-state index in [-0.39, 0.29) is 5.56 Å². The first-order valence-corrected chi connectivity index (χ1v) is 11.1. The average molecular weight is 425 g/mol. The number of nitrogens with zero attached hydrogens (tertiary/aromatic N) is 3. The highest BCUT2D eigenvalue weighted by molar-refractivity contribution is 5.81. The first-order valence-electron chi connectivity index (χ1n) is 11.1. The normalized spacial score (nSPS) is 15.7. The summed E-state index contributed by atoms with van der Waals surface area (Å²) in [6.07, 6.45) is 2.81. The van der Waals surface area contributed by atoms with Crippen molar-refractivity contribution in [2.45, 2.75) is 52.0 Å². The summed E-state index contributed by atoms with van der Waals surface area (Å²) in [4.78, 5) is 20.5. The minimum atomic E-state index is -0.0623. The molecule has 1 aliphatic heterocycles. The fourth-order valence-electron chi connectivity index (χ4n) is 4.57. The van der Waals surface area contributed by atoms with E-state index in [2.05, 4.69) is 30.8 Å². The lowest BCUT2D eigenvalue weighted by molar-refractivity contribution is 0.171. The number of fused-ring (bicyclic) bond motifs is 1. The van der Waals surface area contributed by atoms with E-state index in [1.807, 2.05) is 18.2 Å². The van der Waals surface area contributed by atoms with Gasteiger partial charge >= 0.3 is 0 Å². The molecule has 3 heterocycles. The number of benzene rings is 1. The lowest BCUT2D eigenvalue weighted by atomic mass is 9.92. The van der Waals surface area contributed by atoms with E-state index in [0.717, 1.165) is 54.9 Å². The van der Waals surface area contributed by atoms with Gasteiger partial charge in [0.2, 0.25) is 0 Å².